The number of Topliss-reactive ketones (excluding diaryl/α,β-unsaturated/α-hetero) is 1. The SMILES string of the molecule is O=C(Cc1ccsc1)c1ccc([N+](=O)[O-])o1. The molecule has 0 unspecified atom stereocenters. The van der Waals surface area contributed by atoms with E-state index in [1.165, 1.54) is 23.5 Å². The van der Waals surface area contributed by atoms with Gasteiger partial charge in [0.25, 0.3) is 0 Å². The number of rotatable bonds is 4. The predicted molar refractivity (Wildman–Crippen MR) is 57.7 cm³/mol. The first kappa shape index (κ1) is 10.6. The van der Waals surface area contributed by atoms with Crippen LogP contribution in [0.5, 0.6) is 0 Å². The van der Waals surface area contributed by atoms with Crippen LogP contribution in [-0.4, -0.2) is 10.7 Å². The number of ketones is 1. The summed E-state index contributed by atoms with van der Waals surface area (Å²) in [5.41, 5.74) is 0.883. The van der Waals surface area contributed by atoms with Gasteiger partial charge in [0, 0.05) is 6.42 Å². The summed E-state index contributed by atoms with van der Waals surface area (Å²) in [6, 6.07) is 4.34. The topological polar surface area (TPSA) is 73.3 Å². The van der Waals surface area contributed by atoms with Gasteiger partial charge < -0.3 is 4.42 Å². The second-order valence-electron chi connectivity index (χ2n) is 3.13. The van der Waals surface area contributed by atoms with Gasteiger partial charge in [0.2, 0.25) is 5.78 Å². The molecule has 2 heterocycles. The van der Waals surface area contributed by atoms with E-state index in [0.717, 1.165) is 5.56 Å². The molecule has 16 heavy (non-hydrogen) atoms. The van der Waals surface area contributed by atoms with E-state index in [4.69, 9.17) is 4.42 Å². The zero-order valence-electron chi connectivity index (χ0n) is 8.08. The Morgan fingerprint density at radius 1 is 1.44 bits per heavy atom. The normalized spacial score (nSPS) is 10.2. The van der Waals surface area contributed by atoms with Crippen LogP contribution in [0.4, 0.5) is 5.88 Å². The van der Waals surface area contributed by atoms with Crippen molar-refractivity contribution < 1.29 is 14.1 Å². The highest BCUT2D eigenvalue weighted by molar-refractivity contribution is 7.08. The van der Waals surface area contributed by atoms with Crippen LogP contribution in [0.1, 0.15) is 16.1 Å². The lowest BCUT2D eigenvalue weighted by molar-refractivity contribution is -0.402. The van der Waals surface area contributed by atoms with E-state index in [1.807, 2.05) is 16.8 Å². The second-order valence-corrected chi connectivity index (χ2v) is 3.91. The van der Waals surface area contributed by atoms with E-state index in [2.05, 4.69) is 0 Å². The number of hydrogen-bond donors (Lipinski definition) is 0. The molecule has 2 aromatic heterocycles. The van der Waals surface area contributed by atoms with Crippen molar-refractivity contribution in [3.8, 4) is 0 Å². The minimum atomic E-state index is -0.665. The molecule has 0 spiro atoms. The molecule has 0 saturated heterocycles. The summed E-state index contributed by atoms with van der Waals surface area (Å²) in [6.07, 6.45) is 0.203. The minimum Gasteiger partial charge on any atom is -0.397 e. The van der Waals surface area contributed by atoms with Crippen LogP contribution in [0.2, 0.25) is 0 Å². The van der Waals surface area contributed by atoms with Crippen molar-refractivity contribution in [2.24, 2.45) is 0 Å². The average molecular weight is 237 g/mol. The number of carbonyl (C=O) groups excluding carboxylic acids is 1. The van der Waals surface area contributed by atoms with Crippen molar-refractivity contribution in [1.82, 2.24) is 0 Å². The fraction of sp³-hybridized carbons (Fsp3) is 0.100. The van der Waals surface area contributed by atoms with Gasteiger partial charge in [-0.1, -0.05) is 0 Å². The molecule has 0 radical (unpaired) electrons. The Hall–Kier alpha value is -1.95. The zero-order valence-corrected chi connectivity index (χ0v) is 8.90. The van der Waals surface area contributed by atoms with Gasteiger partial charge in [-0.15, -0.1) is 0 Å². The Bertz CT molecular complexity index is 515. The number of furan rings is 1. The molecule has 0 aromatic carbocycles. The fourth-order valence-corrected chi connectivity index (χ4v) is 1.91. The van der Waals surface area contributed by atoms with Gasteiger partial charge in [0.15, 0.2) is 5.76 Å². The second kappa shape index (κ2) is 4.28. The number of nitrogens with zero attached hydrogens (tertiary/aromatic N) is 1. The van der Waals surface area contributed by atoms with Gasteiger partial charge in [-0.25, -0.2) is 0 Å². The van der Waals surface area contributed by atoms with E-state index >= 15 is 0 Å². The lowest BCUT2D eigenvalue weighted by Gasteiger charge is -1.93. The number of nitro groups is 1. The Balaban J connectivity index is 2.12. The Labute approximate surface area is 94.5 Å². The molecule has 0 N–H and O–H groups in total. The summed E-state index contributed by atoms with van der Waals surface area (Å²) in [5, 5.41) is 14.1. The lowest BCUT2D eigenvalue weighted by Crippen LogP contribution is -2.00. The van der Waals surface area contributed by atoms with E-state index in [-0.39, 0.29) is 18.0 Å². The predicted octanol–water partition coefficient (Wildman–Crippen LogP) is 2.67. The average Bonchev–Trinajstić information content (AvgIpc) is 2.86. The van der Waals surface area contributed by atoms with Gasteiger partial charge in [-0.05, 0) is 28.5 Å². The van der Waals surface area contributed by atoms with Gasteiger partial charge in [-0.3, -0.25) is 14.9 Å². The van der Waals surface area contributed by atoms with Crippen LogP contribution in [0.3, 0.4) is 0 Å². The van der Waals surface area contributed by atoms with Gasteiger partial charge in [-0.2, -0.15) is 11.3 Å². The van der Waals surface area contributed by atoms with E-state index in [1.54, 1.807) is 0 Å². The van der Waals surface area contributed by atoms with Crippen molar-refractivity contribution in [1.29, 1.82) is 0 Å². The zero-order chi connectivity index (χ0) is 11.5. The quantitative estimate of drug-likeness (QED) is 0.465. The van der Waals surface area contributed by atoms with Crippen LogP contribution >= 0.6 is 11.3 Å². The molecule has 6 heteroatoms. The first-order valence-corrected chi connectivity index (χ1v) is 5.39. The van der Waals surface area contributed by atoms with Gasteiger partial charge >= 0.3 is 5.88 Å². The standard InChI is InChI=1S/C10H7NO4S/c12-8(5-7-3-4-16-6-7)9-1-2-10(15-9)11(13)14/h1-4,6H,5H2. The van der Waals surface area contributed by atoms with Gasteiger partial charge in [0.05, 0.1) is 6.07 Å². The third kappa shape index (κ3) is 2.17. The van der Waals surface area contributed by atoms with Gasteiger partial charge in [0.1, 0.15) is 4.92 Å². The molecule has 0 aliphatic rings. The third-order valence-corrected chi connectivity index (χ3v) is 2.72. The highest BCUT2D eigenvalue weighted by Crippen LogP contribution is 2.18. The first-order valence-electron chi connectivity index (χ1n) is 4.45. The summed E-state index contributed by atoms with van der Waals surface area (Å²) in [7, 11) is 0. The molecule has 0 fully saturated rings. The van der Waals surface area contributed by atoms with Crippen molar-refractivity contribution in [3.63, 3.8) is 0 Å². The van der Waals surface area contributed by atoms with Crippen molar-refractivity contribution in [3.05, 3.63) is 50.4 Å². The van der Waals surface area contributed by atoms with Crippen molar-refractivity contribution in [2.75, 3.05) is 0 Å². The minimum absolute atomic E-state index is 0.0258. The van der Waals surface area contributed by atoms with Crippen LogP contribution < -0.4 is 0 Å². The molecule has 0 atom stereocenters. The maximum atomic E-state index is 11.6. The Morgan fingerprint density at radius 2 is 2.25 bits per heavy atom. The summed E-state index contributed by atoms with van der Waals surface area (Å²) in [5.74, 6) is -0.641. The molecule has 0 aliphatic carbocycles. The van der Waals surface area contributed by atoms with Crippen LogP contribution in [0.25, 0.3) is 0 Å². The van der Waals surface area contributed by atoms with Crippen LogP contribution in [0, 0.1) is 10.1 Å². The molecule has 0 bridgehead atoms. The number of thiophene rings is 1. The van der Waals surface area contributed by atoms with Crippen molar-refractivity contribution in [2.45, 2.75) is 6.42 Å². The highest BCUT2D eigenvalue weighted by atomic mass is 32.1. The maximum absolute atomic E-state index is 11.6. The maximum Gasteiger partial charge on any atom is 0.433 e. The summed E-state index contributed by atoms with van der Waals surface area (Å²) >= 11 is 1.50. The largest absolute Gasteiger partial charge is 0.433 e. The molecule has 0 amide bonds. The summed E-state index contributed by atoms with van der Waals surface area (Å²) < 4.78 is 4.81. The Kier molecular flexibility index (Phi) is 2.82. The lowest BCUT2D eigenvalue weighted by atomic mass is 10.1. The molecular formula is C10H7NO4S. The molecule has 0 aliphatic heterocycles. The monoisotopic (exact) mass is 237 g/mol. The molecule has 5 nitrogen and oxygen atoms in total. The molecule has 82 valence electrons. The van der Waals surface area contributed by atoms with E-state index in [0.29, 0.717) is 0 Å². The smallest absolute Gasteiger partial charge is 0.397 e. The summed E-state index contributed by atoms with van der Waals surface area (Å²) in [4.78, 5) is 21.3. The van der Waals surface area contributed by atoms with E-state index < -0.39 is 10.8 Å². The molecule has 2 rings (SSSR count). The van der Waals surface area contributed by atoms with E-state index in [9.17, 15) is 14.9 Å². The third-order valence-electron chi connectivity index (χ3n) is 1.99. The van der Waals surface area contributed by atoms with Crippen molar-refractivity contribution >= 4 is 23.0 Å². The highest BCUT2D eigenvalue weighted by Gasteiger charge is 2.17. The molecule has 0 saturated carbocycles. The molecular weight excluding hydrogens is 230 g/mol. The first-order chi connectivity index (χ1) is 7.66. The van der Waals surface area contributed by atoms with Crippen LogP contribution in [-0.2, 0) is 6.42 Å². The fourth-order valence-electron chi connectivity index (χ4n) is 1.24. The number of carbonyl (C=O) groups is 1. The Morgan fingerprint density at radius 3 is 2.81 bits per heavy atom. The number of hydrogen-bond acceptors (Lipinski definition) is 5. The molecule has 2 aromatic rings. The summed E-state index contributed by atoms with van der Waals surface area (Å²) in [6.45, 7) is 0. The van der Waals surface area contributed by atoms with Crippen LogP contribution in [0.15, 0.2) is 33.4 Å².